The van der Waals surface area contributed by atoms with Crippen LogP contribution in [0.4, 0.5) is 4.39 Å². The van der Waals surface area contributed by atoms with Crippen LogP contribution in [0.3, 0.4) is 0 Å². The predicted octanol–water partition coefficient (Wildman–Crippen LogP) is 1.93. The van der Waals surface area contributed by atoms with E-state index in [0.29, 0.717) is 30.0 Å². The van der Waals surface area contributed by atoms with Crippen molar-refractivity contribution in [3.8, 4) is 5.75 Å². The first-order valence-electron chi connectivity index (χ1n) is 7.52. The zero-order valence-corrected chi connectivity index (χ0v) is 13.9. The number of nitrogens with zero attached hydrogens (tertiary/aromatic N) is 1. The van der Waals surface area contributed by atoms with E-state index in [-0.39, 0.29) is 17.5 Å². The van der Waals surface area contributed by atoms with Crippen LogP contribution in [0.2, 0.25) is 0 Å². The number of nitrogens with two attached hydrogens (primary N) is 1. The molecule has 1 fully saturated rings. The Bertz CT molecular complexity index is 582. The van der Waals surface area contributed by atoms with E-state index in [9.17, 15) is 14.0 Å². The summed E-state index contributed by atoms with van der Waals surface area (Å²) in [6.45, 7) is 0.566. The Morgan fingerprint density at radius 2 is 2.22 bits per heavy atom. The summed E-state index contributed by atoms with van der Waals surface area (Å²) in [6.07, 6.45) is 2.42. The van der Waals surface area contributed by atoms with Crippen molar-refractivity contribution in [2.24, 2.45) is 5.73 Å². The second-order valence-electron chi connectivity index (χ2n) is 5.45. The number of benzene rings is 1. The standard InChI is InChI=1S/C16H21FN2O3S/c1-22-14-6-5-12(17)8-11(14)9-23-10-15(20)19-7-3-2-4-13(19)16(18)21/h5-6,8,13H,2-4,7,9-10H2,1H3,(H2,18,21)/t13-/m1/s1. The molecule has 1 aliphatic heterocycles. The van der Waals surface area contributed by atoms with E-state index in [1.165, 1.54) is 31.0 Å². The Hall–Kier alpha value is -1.76. The van der Waals surface area contributed by atoms with E-state index in [1.807, 2.05) is 0 Å². The molecule has 0 aliphatic carbocycles. The Labute approximate surface area is 139 Å². The lowest BCUT2D eigenvalue weighted by Gasteiger charge is -2.33. The number of primary amides is 1. The highest BCUT2D eigenvalue weighted by Crippen LogP contribution is 2.25. The first-order valence-corrected chi connectivity index (χ1v) is 8.67. The predicted molar refractivity (Wildman–Crippen MR) is 87.7 cm³/mol. The maximum atomic E-state index is 13.3. The van der Waals surface area contributed by atoms with E-state index < -0.39 is 11.9 Å². The van der Waals surface area contributed by atoms with Crippen molar-refractivity contribution in [1.82, 2.24) is 4.90 Å². The summed E-state index contributed by atoms with van der Waals surface area (Å²) >= 11 is 1.37. The lowest BCUT2D eigenvalue weighted by atomic mass is 10.0. The lowest BCUT2D eigenvalue weighted by molar-refractivity contribution is -0.138. The summed E-state index contributed by atoms with van der Waals surface area (Å²) in [5.41, 5.74) is 6.08. The fourth-order valence-electron chi connectivity index (χ4n) is 2.72. The van der Waals surface area contributed by atoms with Gasteiger partial charge in [0.1, 0.15) is 17.6 Å². The molecule has 0 spiro atoms. The number of hydrogen-bond donors (Lipinski definition) is 1. The first-order chi connectivity index (χ1) is 11.0. The molecule has 0 aromatic heterocycles. The second-order valence-corrected chi connectivity index (χ2v) is 6.44. The van der Waals surface area contributed by atoms with Crippen molar-refractivity contribution in [3.63, 3.8) is 0 Å². The largest absolute Gasteiger partial charge is 0.496 e. The maximum absolute atomic E-state index is 13.3. The summed E-state index contributed by atoms with van der Waals surface area (Å²) in [4.78, 5) is 25.3. The van der Waals surface area contributed by atoms with Crippen LogP contribution in [0.1, 0.15) is 24.8 Å². The number of methoxy groups -OCH3 is 1. The van der Waals surface area contributed by atoms with Crippen LogP contribution in [0.5, 0.6) is 5.75 Å². The molecule has 2 rings (SSSR count). The minimum absolute atomic E-state index is 0.103. The van der Waals surface area contributed by atoms with Crippen LogP contribution in [-0.4, -0.2) is 42.2 Å². The monoisotopic (exact) mass is 340 g/mol. The summed E-state index contributed by atoms with van der Waals surface area (Å²) < 4.78 is 18.5. The summed E-state index contributed by atoms with van der Waals surface area (Å²) in [6, 6.07) is 3.81. The van der Waals surface area contributed by atoms with Crippen LogP contribution >= 0.6 is 11.8 Å². The van der Waals surface area contributed by atoms with Gasteiger partial charge in [0.15, 0.2) is 0 Å². The molecule has 2 amide bonds. The van der Waals surface area contributed by atoms with Crippen molar-refractivity contribution in [1.29, 1.82) is 0 Å². The van der Waals surface area contributed by atoms with Gasteiger partial charge in [-0.3, -0.25) is 9.59 Å². The zero-order valence-electron chi connectivity index (χ0n) is 13.1. The third-order valence-electron chi connectivity index (χ3n) is 3.88. The van der Waals surface area contributed by atoms with Gasteiger partial charge in [-0.2, -0.15) is 0 Å². The van der Waals surface area contributed by atoms with Gasteiger partial charge in [0.25, 0.3) is 0 Å². The van der Waals surface area contributed by atoms with Crippen LogP contribution in [-0.2, 0) is 15.3 Å². The molecule has 2 N–H and O–H groups in total. The topological polar surface area (TPSA) is 72.6 Å². The lowest BCUT2D eigenvalue weighted by Crippen LogP contribution is -2.51. The average molecular weight is 340 g/mol. The molecule has 1 aliphatic rings. The zero-order chi connectivity index (χ0) is 16.8. The molecule has 1 saturated heterocycles. The van der Waals surface area contributed by atoms with Gasteiger partial charge in [-0.15, -0.1) is 11.8 Å². The number of piperidine rings is 1. The number of thioether (sulfide) groups is 1. The molecule has 126 valence electrons. The number of carbonyl (C=O) groups is 2. The smallest absolute Gasteiger partial charge is 0.240 e. The van der Waals surface area contributed by atoms with Crippen LogP contribution < -0.4 is 10.5 Å². The normalized spacial score (nSPS) is 17.8. The highest BCUT2D eigenvalue weighted by Gasteiger charge is 2.30. The van der Waals surface area contributed by atoms with Gasteiger partial charge in [-0.25, -0.2) is 4.39 Å². The number of amides is 2. The van der Waals surface area contributed by atoms with E-state index in [2.05, 4.69) is 0 Å². The summed E-state index contributed by atoms with van der Waals surface area (Å²) in [7, 11) is 1.53. The first kappa shape index (κ1) is 17.6. The van der Waals surface area contributed by atoms with E-state index in [0.717, 1.165) is 12.8 Å². The van der Waals surface area contributed by atoms with Gasteiger partial charge in [0, 0.05) is 17.9 Å². The van der Waals surface area contributed by atoms with Gasteiger partial charge < -0.3 is 15.4 Å². The van der Waals surface area contributed by atoms with Gasteiger partial charge in [0.05, 0.1) is 12.9 Å². The Morgan fingerprint density at radius 3 is 2.91 bits per heavy atom. The highest BCUT2D eigenvalue weighted by molar-refractivity contribution is 7.99. The third-order valence-corrected chi connectivity index (χ3v) is 4.84. The molecule has 1 atom stereocenters. The SMILES string of the molecule is COc1ccc(F)cc1CSCC(=O)N1CCCC[C@@H]1C(N)=O. The quantitative estimate of drug-likeness (QED) is 0.859. The fourth-order valence-corrected chi connectivity index (χ4v) is 3.61. The van der Waals surface area contributed by atoms with E-state index >= 15 is 0 Å². The number of carbonyl (C=O) groups excluding carboxylic acids is 2. The molecule has 0 saturated carbocycles. The molecule has 0 unspecified atom stereocenters. The van der Waals surface area contributed by atoms with E-state index in [1.54, 1.807) is 11.0 Å². The second kappa shape index (κ2) is 8.19. The molecular weight excluding hydrogens is 319 g/mol. The molecule has 0 radical (unpaired) electrons. The highest BCUT2D eigenvalue weighted by atomic mass is 32.2. The Balaban J connectivity index is 1.91. The molecule has 1 aromatic rings. The molecule has 1 aromatic carbocycles. The number of rotatable bonds is 6. The number of halogens is 1. The fraction of sp³-hybridized carbons (Fsp3) is 0.500. The van der Waals surface area contributed by atoms with Crippen molar-refractivity contribution >= 4 is 23.6 Å². The molecule has 1 heterocycles. The molecular formula is C16H21FN2O3S. The number of hydrogen-bond acceptors (Lipinski definition) is 4. The average Bonchev–Trinajstić information content (AvgIpc) is 2.55. The minimum Gasteiger partial charge on any atom is -0.496 e. The van der Waals surface area contributed by atoms with E-state index in [4.69, 9.17) is 10.5 Å². The van der Waals surface area contributed by atoms with Crippen LogP contribution in [0.25, 0.3) is 0 Å². The van der Waals surface area contributed by atoms with Crippen LogP contribution in [0.15, 0.2) is 18.2 Å². The Kier molecular flexibility index (Phi) is 6.27. The number of ether oxygens (including phenoxy) is 1. The van der Waals surface area contributed by atoms with Crippen molar-refractivity contribution in [3.05, 3.63) is 29.6 Å². The third kappa shape index (κ3) is 4.60. The van der Waals surface area contributed by atoms with Gasteiger partial charge in [-0.1, -0.05) is 0 Å². The maximum Gasteiger partial charge on any atom is 0.240 e. The van der Waals surface area contributed by atoms with Crippen molar-refractivity contribution in [2.75, 3.05) is 19.4 Å². The molecule has 23 heavy (non-hydrogen) atoms. The van der Waals surface area contributed by atoms with Crippen LogP contribution in [0, 0.1) is 5.82 Å². The van der Waals surface area contributed by atoms with Crippen molar-refractivity contribution < 1.29 is 18.7 Å². The molecule has 0 bridgehead atoms. The summed E-state index contributed by atoms with van der Waals surface area (Å²) in [5, 5.41) is 0. The number of likely N-dealkylation sites (tertiary alicyclic amines) is 1. The molecule has 5 nitrogen and oxygen atoms in total. The Morgan fingerprint density at radius 1 is 1.43 bits per heavy atom. The van der Waals surface area contributed by atoms with Gasteiger partial charge >= 0.3 is 0 Å². The van der Waals surface area contributed by atoms with Gasteiger partial charge in [0.2, 0.25) is 11.8 Å². The molecule has 7 heteroatoms. The minimum atomic E-state index is -0.499. The van der Waals surface area contributed by atoms with Gasteiger partial charge in [-0.05, 0) is 37.5 Å². The summed E-state index contributed by atoms with van der Waals surface area (Å²) in [5.74, 6) is 0.395. The van der Waals surface area contributed by atoms with Crippen molar-refractivity contribution in [2.45, 2.75) is 31.1 Å².